The van der Waals surface area contributed by atoms with Gasteiger partial charge in [0.25, 0.3) is 0 Å². The van der Waals surface area contributed by atoms with Crippen LogP contribution in [0.5, 0.6) is 0 Å². The number of amides is 2. The normalized spacial score (nSPS) is 15.1. The molecule has 2 amide bonds. The molecule has 7 nitrogen and oxygen atoms in total. The molecule has 1 aliphatic rings. The lowest BCUT2D eigenvalue weighted by atomic mass is 9.93. The molecule has 1 N–H and O–H groups in total. The molecule has 7 heteroatoms. The van der Waals surface area contributed by atoms with Gasteiger partial charge in [-0.2, -0.15) is 5.10 Å². The molecular weight excluding hydrogens is 366 g/mol. The van der Waals surface area contributed by atoms with E-state index in [9.17, 15) is 9.59 Å². The van der Waals surface area contributed by atoms with E-state index in [4.69, 9.17) is 0 Å². The van der Waals surface area contributed by atoms with Gasteiger partial charge in [-0.3, -0.25) is 9.59 Å². The first kappa shape index (κ1) is 18.6. The van der Waals surface area contributed by atoms with Crippen molar-refractivity contribution in [2.45, 2.75) is 25.9 Å². The van der Waals surface area contributed by atoms with Gasteiger partial charge < -0.3 is 10.2 Å². The van der Waals surface area contributed by atoms with Crippen molar-refractivity contribution >= 4 is 23.6 Å². The van der Waals surface area contributed by atoms with Crippen LogP contribution >= 0.6 is 0 Å². The highest BCUT2D eigenvalue weighted by Crippen LogP contribution is 2.33. The van der Waals surface area contributed by atoms with Crippen LogP contribution in [-0.2, 0) is 16.1 Å². The van der Waals surface area contributed by atoms with Gasteiger partial charge in [0.05, 0.1) is 19.0 Å². The predicted molar refractivity (Wildman–Crippen MR) is 110 cm³/mol. The maximum atomic E-state index is 12.7. The second-order valence-electron chi connectivity index (χ2n) is 6.93. The summed E-state index contributed by atoms with van der Waals surface area (Å²) in [5, 5.41) is 7.02. The molecule has 146 valence electrons. The molecule has 0 saturated carbocycles. The number of hydrogen-bond acceptors (Lipinski definition) is 4. The van der Waals surface area contributed by atoms with Crippen molar-refractivity contribution in [2.75, 3.05) is 5.32 Å². The Bertz CT molecular complexity index is 1040. The molecule has 0 saturated heterocycles. The van der Waals surface area contributed by atoms with Crippen molar-refractivity contribution in [1.29, 1.82) is 0 Å². The third-order valence-electron chi connectivity index (χ3n) is 4.90. The molecule has 1 unspecified atom stereocenters. The number of anilines is 1. The molecule has 4 rings (SSSR count). The number of carbonyl (C=O) groups is 2. The van der Waals surface area contributed by atoms with E-state index >= 15 is 0 Å². The van der Waals surface area contributed by atoms with Gasteiger partial charge in [-0.1, -0.05) is 36.4 Å². The van der Waals surface area contributed by atoms with Crippen molar-refractivity contribution in [1.82, 2.24) is 19.7 Å². The molecule has 0 bridgehead atoms. The monoisotopic (exact) mass is 387 g/mol. The van der Waals surface area contributed by atoms with Gasteiger partial charge in [-0.15, -0.1) is 0 Å². The van der Waals surface area contributed by atoms with E-state index in [1.807, 2.05) is 54.6 Å². The summed E-state index contributed by atoms with van der Waals surface area (Å²) in [5.74, 6) is -0.235. The van der Waals surface area contributed by atoms with E-state index in [2.05, 4.69) is 15.4 Å². The number of nitrogens with zero attached hydrogens (tertiary/aromatic N) is 4. The summed E-state index contributed by atoms with van der Waals surface area (Å²) in [7, 11) is 0. The topological polar surface area (TPSA) is 80.1 Å². The van der Waals surface area contributed by atoms with Crippen LogP contribution in [0.25, 0.3) is 6.08 Å². The maximum absolute atomic E-state index is 12.7. The number of rotatable bonds is 5. The van der Waals surface area contributed by atoms with Gasteiger partial charge in [0, 0.05) is 18.8 Å². The zero-order valence-electron chi connectivity index (χ0n) is 16.0. The van der Waals surface area contributed by atoms with Crippen molar-refractivity contribution in [3.05, 3.63) is 84.1 Å². The molecule has 1 aliphatic heterocycles. The predicted octanol–water partition coefficient (Wildman–Crippen LogP) is 3.23. The number of benzene rings is 2. The minimum atomic E-state index is -0.319. The standard InChI is InChI=1S/C22H21N5O2/c1-16(28)27-11-10-18-4-2-3-5-20(18)21(27)12-22(29)25-19-8-6-17(7-9-19)13-26-15-23-14-24-26/h2-11,14-15,21H,12-13H2,1H3,(H,25,29). The Morgan fingerprint density at radius 2 is 1.90 bits per heavy atom. The molecule has 3 aromatic rings. The van der Waals surface area contributed by atoms with Gasteiger partial charge >= 0.3 is 0 Å². The highest BCUT2D eigenvalue weighted by atomic mass is 16.2. The van der Waals surface area contributed by atoms with Crippen LogP contribution < -0.4 is 5.32 Å². The Balaban J connectivity index is 1.44. The number of nitrogens with one attached hydrogen (secondary N) is 1. The molecule has 0 aliphatic carbocycles. The lowest BCUT2D eigenvalue weighted by Gasteiger charge is -2.32. The molecule has 1 aromatic heterocycles. The van der Waals surface area contributed by atoms with Crippen molar-refractivity contribution in [2.24, 2.45) is 0 Å². The average molecular weight is 387 g/mol. The Morgan fingerprint density at radius 3 is 2.62 bits per heavy atom. The second kappa shape index (κ2) is 8.10. The van der Waals surface area contributed by atoms with Crippen LogP contribution in [0.3, 0.4) is 0 Å². The Hall–Kier alpha value is -3.74. The third-order valence-corrected chi connectivity index (χ3v) is 4.90. The van der Waals surface area contributed by atoms with Crippen molar-refractivity contribution in [3.8, 4) is 0 Å². The van der Waals surface area contributed by atoms with E-state index in [0.717, 1.165) is 16.7 Å². The first-order chi connectivity index (χ1) is 14.1. The fourth-order valence-electron chi connectivity index (χ4n) is 3.50. The first-order valence-corrected chi connectivity index (χ1v) is 9.37. The Morgan fingerprint density at radius 1 is 1.10 bits per heavy atom. The molecule has 2 aromatic carbocycles. The smallest absolute Gasteiger partial charge is 0.226 e. The lowest BCUT2D eigenvalue weighted by Crippen LogP contribution is -2.33. The van der Waals surface area contributed by atoms with E-state index < -0.39 is 0 Å². The number of carbonyl (C=O) groups excluding carboxylic acids is 2. The van der Waals surface area contributed by atoms with Crippen LogP contribution in [0.2, 0.25) is 0 Å². The number of aromatic nitrogens is 3. The molecular formula is C22H21N5O2. The van der Waals surface area contributed by atoms with Gasteiger partial charge in [0.1, 0.15) is 12.7 Å². The van der Waals surface area contributed by atoms with E-state index in [1.54, 1.807) is 22.1 Å². The summed E-state index contributed by atoms with van der Waals surface area (Å²) in [6.45, 7) is 2.13. The fraction of sp³-hybridized carbons (Fsp3) is 0.182. The molecule has 0 spiro atoms. The van der Waals surface area contributed by atoms with Crippen LogP contribution in [0.15, 0.2) is 67.4 Å². The van der Waals surface area contributed by atoms with Crippen LogP contribution in [0.4, 0.5) is 5.69 Å². The van der Waals surface area contributed by atoms with Crippen LogP contribution in [0.1, 0.15) is 36.1 Å². The summed E-state index contributed by atoms with van der Waals surface area (Å²) in [6.07, 6.45) is 6.99. The zero-order chi connectivity index (χ0) is 20.2. The molecule has 0 radical (unpaired) electrons. The van der Waals surface area contributed by atoms with Crippen LogP contribution in [0, 0.1) is 0 Å². The average Bonchev–Trinajstić information content (AvgIpc) is 3.22. The fourth-order valence-corrected chi connectivity index (χ4v) is 3.50. The summed E-state index contributed by atoms with van der Waals surface area (Å²) in [4.78, 5) is 30.3. The largest absolute Gasteiger partial charge is 0.326 e. The van der Waals surface area contributed by atoms with E-state index in [0.29, 0.717) is 12.2 Å². The zero-order valence-corrected chi connectivity index (χ0v) is 16.0. The molecule has 29 heavy (non-hydrogen) atoms. The summed E-state index contributed by atoms with van der Waals surface area (Å²) in [6, 6.07) is 15.1. The van der Waals surface area contributed by atoms with Gasteiger partial charge in [0.2, 0.25) is 11.8 Å². The molecule has 2 heterocycles. The Labute approximate surface area is 168 Å². The highest BCUT2D eigenvalue weighted by Gasteiger charge is 2.28. The number of fused-ring (bicyclic) bond motifs is 1. The first-order valence-electron chi connectivity index (χ1n) is 9.37. The molecule has 1 atom stereocenters. The minimum Gasteiger partial charge on any atom is -0.326 e. The summed E-state index contributed by atoms with van der Waals surface area (Å²) < 4.78 is 1.73. The summed E-state index contributed by atoms with van der Waals surface area (Å²) >= 11 is 0. The van der Waals surface area contributed by atoms with Gasteiger partial charge in [-0.25, -0.2) is 9.67 Å². The minimum absolute atomic E-state index is 0.0917. The van der Waals surface area contributed by atoms with Gasteiger partial charge in [0.15, 0.2) is 0 Å². The van der Waals surface area contributed by atoms with E-state index in [-0.39, 0.29) is 24.3 Å². The van der Waals surface area contributed by atoms with Crippen molar-refractivity contribution < 1.29 is 9.59 Å². The maximum Gasteiger partial charge on any atom is 0.226 e. The van der Waals surface area contributed by atoms with E-state index in [1.165, 1.54) is 13.3 Å². The van der Waals surface area contributed by atoms with Crippen molar-refractivity contribution in [3.63, 3.8) is 0 Å². The quantitative estimate of drug-likeness (QED) is 0.729. The highest BCUT2D eigenvalue weighted by molar-refractivity contribution is 5.92. The SMILES string of the molecule is CC(=O)N1C=Cc2ccccc2C1CC(=O)Nc1ccc(Cn2cncn2)cc1. The Kier molecular flexibility index (Phi) is 5.20. The van der Waals surface area contributed by atoms with Crippen LogP contribution in [-0.4, -0.2) is 31.5 Å². The number of hydrogen-bond donors (Lipinski definition) is 1. The second-order valence-corrected chi connectivity index (χ2v) is 6.93. The summed E-state index contributed by atoms with van der Waals surface area (Å²) in [5.41, 5.74) is 3.78. The lowest BCUT2D eigenvalue weighted by molar-refractivity contribution is -0.129. The molecule has 0 fully saturated rings. The third kappa shape index (κ3) is 4.24. The van der Waals surface area contributed by atoms with Gasteiger partial charge in [-0.05, 0) is 34.9 Å².